The van der Waals surface area contributed by atoms with Crippen LogP contribution >= 0.6 is 0 Å². The maximum Gasteiger partial charge on any atom is 0.291 e. The summed E-state index contributed by atoms with van der Waals surface area (Å²) >= 11 is 0. The number of hydrogen-bond donors (Lipinski definition) is 12. The molecule has 1 atom stereocenters. The molecule has 33 nitrogen and oxygen atoms in total. The van der Waals surface area contributed by atoms with Crippen molar-refractivity contribution in [1.29, 1.82) is 5.26 Å². The number of anilines is 7. The van der Waals surface area contributed by atoms with E-state index in [0.717, 1.165) is 0 Å². The molecular weight excluding hydrogens is 1200 g/mol. The van der Waals surface area contributed by atoms with Gasteiger partial charge in [-0.1, -0.05) is 0 Å². The van der Waals surface area contributed by atoms with Crippen molar-refractivity contribution in [2.75, 3.05) is 56.9 Å². The van der Waals surface area contributed by atoms with Crippen molar-refractivity contribution in [1.82, 2.24) is 57.5 Å². The number of nitrogens with two attached hydrogens (primary N) is 2. The lowest BCUT2D eigenvalue weighted by molar-refractivity contribution is -0.118. The van der Waals surface area contributed by atoms with E-state index in [1.807, 2.05) is 0 Å². The lowest BCUT2D eigenvalue weighted by atomic mass is 10.2. The molecular formula is C60H70N22O11. The van der Waals surface area contributed by atoms with E-state index in [2.05, 4.69) is 64.2 Å². The molecule has 8 rings (SSSR count). The van der Waals surface area contributed by atoms with Crippen LogP contribution in [0.25, 0.3) is 0 Å². The minimum absolute atomic E-state index is 0.00838. The van der Waals surface area contributed by atoms with Gasteiger partial charge in [-0.2, -0.15) is 5.26 Å². The number of aryl methyl sites for hydroxylation is 8. The Kier molecular flexibility index (Phi) is 21.1. The number of nitrogens with zero attached hydrogens (tertiary/aromatic N) is 10. The van der Waals surface area contributed by atoms with Gasteiger partial charge in [0.2, 0.25) is 17.7 Å². The third kappa shape index (κ3) is 16.9. The number of hydrogen-bond acceptors (Lipinski definition) is 14. The molecule has 0 aliphatic heterocycles. The number of carbonyl (C=O) groups is 11. The van der Waals surface area contributed by atoms with Crippen molar-refractivity contribution in [3.63, 3.8) is 0 Å². The van der Waals surface area contributed by atoms with Crippen molar-refractivity contribution < 1.29 is 52.7 Å². The van der Waals surface area contributed by atoms with Gasteiger partial charge in [-0.25, -0.2) is 4.98 Å². The first-order chi connectivity index (χ1) is 44.2. The van der Waals surface area contributed by atoms with Gasteiger partial charge in [0.15, 0.2) is 5.82 Å². The number of aromatic nitrogens is 9. The number of unbranched alkanes of at least 4 members (excludes halogenated alkanes) is 1. The Bertz CT molecular complexity index is 4260. The Balaban J connectivity index is 0.760. The average molecular weight is 1280 g/mol. The number of primary amides is 1. The number of amides is 11. The highest BCUT2D eigenvalue weighted by atomic mass is 16.2. The second-order valence-electron chi connectivity index (χ2n) is 21.7. The number of nitrogens with one attached hydrogen (secondary N) is 10. The zero-order valence-electron chi connectivity index (χ0n) is 51.8. The van der Waals surface area contributed by atoms with E-state index >= 15 is 0 Å². The second kappa shape index (κ2) is 29.4. The Morgan fingerprint density at radius 2 is 0.806 bits per heavy atom. The van der Waals surface area contributed by atoms with E-state index in [0.29, 0.717) is 23.5 Å². The fourth-order valence-corrected chi connectivity index (χ4v) is 9.82. The molecule has 93 heavy (non-hydrogen) atoms. The first kappa shape index (κ1) is 66.7. The number of nitriles is 1. The Morgan fingerprint density at radius 3 is 1.22 bits per heavy atom. The van der Waals surface area contributed by atoms with Gasteiger partial charge in [0, 0.05) is 151 Å². The molecule has 486 valence electrons. The molecule has 0 saturated heterocycles. The predicted molar refractivity (Wildman–Crippen MR) is 340 cm³/mol. The van der Waals surface area contributed by atoms with Crippen molar-refractivity contribution in [3.05, 3.63) is 144 Å². The van der Waals surface area contributed by atoms with Crippen LogP contribution in [-0.2, 0) is 70.3 Å². The molecule has 0 aliphatic rings. The molecule has 8 aromatic rings. The Hall–Kier alpha value is -12.2. The predicted octanol–water partition coefficient (Wildman–Crippen LogP) is 2.27. The monoisotopic (exact) mass is 1270 g/mol. The third-order valence-electron chi connectivity index (χ3n) is 14.5. The molecule has 0 saturated carbocycles. The first-order valence-electron chi connectivity index (χ1n) is 28.8. The highest BCUT2D eigenvalue weighted by Crippen LogP contribution is 2.23. The smallest absolute Gasteiger partial charge is 0.291 e. The number of imidazole rings is 1. The summed E-state index contributed by atoms with van der Waals surface area (Å²) in [6, 6.07) is 11.2. The van der Waals surface area contributed by atoms with Gasteiger partial charge >= 0.3 is 0 Å². The van der Waals surface area contributed by atoms with Crippen molar-refractivity contribution in [3.8, 4) is 6.07 Å². The van der Waals surface area contributed by atoms with E-state index in [9.17, 15) is 58.0 Å². The van der Waals surface area contributed by atoms with E-state index < -0.39 is 71.0 Å². The standard InChI is InChI=1S/C60H70N22O11/c1-75-19-17-64-52(75)60(93)74-39-23-45(79(5)32-39)56(89)67-16-12-50(84)69-40-26-48(82(33-40)18-9-8-13-61)59(92)73-37-22-43(78(4)30-37)54(87)65-14-10-41(62)53(86)70-35-24-46(80(6)28-35)57(90)72-38-25-47(81(7)31-38)58(91)71-36-21-44(77(3)29-36)55(88)66-15-11-49(83)68-34-20-42(51(63)85)76(2)27-34/h17,19-33,41H,8-12,14-16,18,62H2,1-7H3,(H2,63,85)(H,65,87)(H,66,88)(H,67,89)(H,68,83)(H,69,84)(H,70,86)(H,71,91)(H,72,90)(H,73,92)(H,74,93)/t41-/m1/s1. The average Bonchev–Trinajstić information content (AvgIpc) is 2.38. The molecule has 0 bridgehead atoms. The first-order valence-corrected chi connectivity index (χ1v) is 28.8. The zero-order chi connectivity index (χ0) is 67.4. The molecule has 0 radical (unpaired) electrons. The van der Waals surface area contributed by atoms with Crippen molar-refractivity contribution in [2.24, 2.45) is 60.8 Å². The summed E-state index contributed by atoms with van der Waals surface area (Å²) in [5, 5.41) is 36.3. The lowest BCUT2D eigenvalue weighted by Gasteiger charge is -2.12. The quantitative estimate of drug-likeness (QED) is 0.0313. The van der Waals surface area contributed by atoms with Gasteiger partial charge in [-0.15, -0.1) is 0 Å². The van der Waals surface area contributed by atoms with E-state index in [1.54, 1.807) is 77.1 Å². The highest BCUT2D eigenvalue weighted by Gasteiger charge is 2.24. The minimum atomic E-state index is -1.09. The van der Waals surface area contributed by atoms with Gasteiger partial charge in [-0.3, -0.25) is 52.7 Å². The number of carbonyl (C=O) groups excluding carboxylic acids is 11. The maximum atomic E-state index is 13.7. The van der Waals surface area contributed by atoms with Crippen molar-refractivity contribution in [2.45, 2.75) is 44.7 Å². The Morgan fingerprint density at radius 1 is 0.452 bits per heavy atom. The van der Waals surface area contributed by atoms with Crippen LogP contribution in [0.15, 0.2) is 98.2 Å². The molecule has 0 spiro atoms. The normalized spacial score (nSPS) is 11.2. The summed E-state index contributed by atoms with van der Waals surface area (Å²) < 4.78 is 12.1. The van der Waals surface area contributed by atoms with Gasteiger partial charge < -0.3 is 101 Å². The van der Waals surface area contributed by atoms with Crippen molar-refractivity contribution >= 4 is 105 Å². The lowest BCUT2D eigenvalue weighted by Crippen LogP contribution is -2.39. The fourth-order valence-electron chi connectivity index (χ4n) is 9.82. The molecule has 0 fully saturated rings. The van der Waals surface area contributed by atoms with Gasteiger partial charge in [0.25, 0.3) is 47.3 Å². The fraction of sp³-hybridized carbons (Fsp3) is 0.283. The molecule has 0 unspecified atom stereocenters. The van der Waals surface area contributed by atoms with Crippen LogP contribution in [0.3, 0.4) is 0 Å². The molecule has 14 N–H and O–H groups in total. The largest absolute Gasteiger partial charge is 0.364 e. The zero-order valence-corrected chi connectivity index (χ0v) is 51.8. The van der Waals surface area contributed by atoms with Crippen LogP contribution in [-0.4, -0.2) is 132 Å². The van der Waals surface area contributed by atoms with Crippen LogP contribution in [0, 0.1) is 11.3 Å². The summed E-state index contributed by atoms with van der Waals surface area (Å²) in [7, 11) is 11.3. The van der Waals surface area contributed by atoms with Gasteiger partial charge in [0.1, 0.15) is 39.9 Å². The molecule has 33 heteroatoms. The molecule has 0 aromatic carbocycles. The highest BCUT2D eigenvalue weighted by molar-refractivity contribution is 6.09. The molecule has 11 amide bonds. The summed E-state index contributed by atoms with van der Waals surface area (Å²) in [5.41, 5.74) is 14.9. The summed E-state index contributed by atoms with van der Waals surface area (Å²) in [5.74, 6) is -5.60. The van der Waals surface area contributed by atoms with Gasteiger partial charge in [-0.05, 0) is 55.3 Å². The van der Waals surface area contributed by atoms with E-state index in [4.69, 9.17) is 11.5 Å². The van der Waals surface area contributed by atoms with Crippen LogP contribution in [0.1, 0.15) is 116 Å². The van der Waals surface area contributed by atoms with Crippen LogP contribution in [0.5, 0.6) is 0 Å². The topological polar surface area (TPSA) is 436 Å². The van der Waals surface area contributed by atoms with E-state index in [1.165, 1.54) is 107 Å². The third-order valence-corrected chi connectivity index (χ3v) is 14.5. The minimum Gasteiger partial charge on any atom is -0.364 e. The molecule has 0 aliphatic carbocycles. The summed E-state index contributed by atoms with van der Waals surface area (Å²) in [6.45, 7) is 0.193. The Labute approximate surface area is 530 Å². The summed E-state index contributed by atoms with van der Waals surface area (Å²) in [4.78, 5) is 147. The maximum absolute atomic E-state index is 13.7. The second-order valence-corrected chi connectivity index (χ2v) is 21.7. The van der Waals surface area contributed by atoms with Gasteiger partial charge in [0.05, 0.1) is 51.9 Å². The SMILES string of the molecule is Cn1cc(NC(=O)CCNC(=O)c2cc(NC(=O)c3cc(NC(=O)c4cc(NC(=O)[C@H](N)CCNC(=O)c5cc(NC(=O)c6cc(NC(=O)CCNC(=O)c7cc(NC(=O)c8nccn8C)cn7C)cn6CCCC#N)cn5C)cn4C)cn3C)cn2C)cc1C(N)=O. The molecule has 8 heterocycles. The van der Waals surface area contributed by atoms with Crippen LogP contribution in [0.2, 0.25) is 0 Å². The van der Waals surface area contributed by atoms with E-state index in [-0.39, 0.29) is 120 Å². The van der Waals surface area contributed by atoms with Crippen LogP contribution in [0.4, 0.5) is 39.8 Å². The molecule has 8 aromatic heterocycles. The van der Waals surface area contributed by atoms with Crippen LogP contribution < -0.4 is 64.6 Å². The summed E-state index contributed by atoms with van der Waals surface area (Å²) in [6.07, 6.45) is 14.3. The number of rotatable bonds is 28.